The second kappa shape index (κ2) is 57.5. The van der Waals surface area contributed by atoms with Crippen LogP contribution in [0.15, 0.2) is 152 Å². The van der Waals surface area contributed by atoms with Crippen molar-refractivity contribution in [2.24, 2.45) is 20.6 Å². The van der Waals surface area contributed by atoms with Gasteiger partial charge < -0.3 is 57.9 Å². The molecule has 0 radical (unpaired) electrons. The molecule has 0 aliphatic carbocycles. The highest BCUT2D eigenvalue weighted by Crippen LogP contribution is 2.34. The maximum atomic E-state index is 13.2. The van der Waals surface area contributed by atoms with Crippen LogP contribution in [-0.4, -0.2) is 193 Å². The molecule has 0 spiro atoms. The second-order valence-corrected chi connectivity index (χ2v) is 39.1. The summed E-state index contributed by atoms with van der Waals surface area (Å²) in [5.74, 6) is -1.57. The van der Waals surface area contributed by atoms with Crippen LogP contribution in [0.2, 0.25) is 10.0 Å². The van der Waals surface area contributed by atoms with Gasteiger partial charge in [-0.2, -0.15) is 0 Å². The first-order chi connectivity index (χ1) is 66.2. The largest absolute Gasteiger partial charge is 0.459 e. The summed E-state index contributed by atoms with van der Waals surface area (Å²) < 4.78 is 23.0. The molecule has 0 aromatic heterocycles. The number of piperidine rings is 4. The van der Waals surface area contributed by atoms with Gasteiger partial charge in [-0.05, 0) is 319 Å². The lowest BCUT2D eigenvalue weighted by atomic mass is 9.94. The van der Waals surface area contributed by atoms with E-state index in [1.54, 1.807) is 0 Å². The standard InChI is InChI=1S/2C28H37ClN2O4.2C28H38N2O4/c2*1-19-11-7-5-8-12-22(4)35-28(33)26-20(2)16-21(3)27(29)24(26)17-23(15-19)30-34-18-25(32)31-13-9-6-10-14-31;2*1-20-11-7-5-8-12-23(4)34-28(32)27-22(3)15-21(2)16-24(27)18-25(17-20)29-33-19-26(31)30-13-9-6-10-14-30/h2*5,8,15-16,22H,6-7,9-14,17-18H2,1-4H3;2*5,8,15-17,23H,6-7,9-14,18-19H2,1-4H3/b8-5+,19-15+,30-23+;8-5+,19-15+,30-23-;8-5+,20-17+,29-25+;8-5+,20-17+,29-25-/t2*22-;2*23-/m1111/s1. The number of likely N-dealkylation sites (tertiary alicyclic amines) is 4. The lowest BCUT2D eigenvalue weighted by Crippen LogP contribution is -2.37. The molecule has 4 fully saturated rings. The van der Waals surface area contributed by atoms with Gasteiger partial charge in [0.1, 0.15) is 24.4 Å². The Bertz CT molecular complexity index is 4950. The first-order valence-corrected chi connectivity index (χ1v) is 50.7. The van der Waals surface area contributed by atoms with Crippen LogP contribution in [0, 0.1) is 55.4 Å². The Labute approximate surface area is 829 Å². The molecule has 24 nitrogen and oxygen atoms in total. The molecule has 0 bridgehead atoms. The molecular weight excluding hydrogens is 1780 g/mol. The van der Waals surface area contributed by atoms with Crippen LogP contribution in [0.1, 0.15) is 318 Å². The minimum Gasteiger partial charge on any atom is -0.459 e. The quantitative estimate of drug-likeness (QED) is 0.0552. The number of benzene rings is 4. The van der Waals surface area contributed by atoms with Crippen LogP contribution in [0.25, 0.3) is 0 Å². The van der Waals surface area contributed by atoms with Gasteiger partial charge in [-0.15, -0.1) is 0 Å². The average Bonchev–Trinajstić information content (AvgIpc) is 0.823. The molecule has 8 aliphatic rings. The minimum atomic E-state index is -0.390. The van der Waals surface area contributed by atoms with Crippen LogP contribution >= 0.6 is 23.2 Å². The number of esters is 4. The summed E-state index contributed by atoms with van der Waals surface area (Å²) in [7, 11) is 0. The van der Waals surface area contributed by atoms with Crippen molar-refractivity contribution in [3.63, 3.8) is 0 Å². The molecule has 4 amide bonds. The van der Waals surface area contributed by atoms with Gasteiger partial charge in [0.25, 0.3) is 23.6 Å². The number of allylic oxidation sites excluding steroid dienone is 12. The van der Waals surface area contributed by atoms with E-state index in [0.717, 1.165) is 235 Å². The monoisotopic (exact) mass is 1930 g/mol. The van der Waals surface area contributed by atoms with E-state index in [1.165, 1.54) is 24.0 Å². The number of fused-ring (bicyclic) bond motifs is 4. The van der Waals surface area contributed by atoms with Crippen LogP contribution < -0.4 is 0 Å². The fourth-order valence-corrected chi connectivity index (χ4v) is 18.7. The van der Waals surface area contributed by atoms with Crippen LogP contribution in [0.5, 0.6) is 0 Å². The number of cyclic esters (lactones) is 4. The third-order valence-electron chi connectivity index (χ3n) is 25.4. The minimum absolute atomic E-state index is 0.0274. The maximum Gasteiger partial charge on any atom is 0.339 e. The molecule has 8 aliphatic heterocycles. The summed E-state index contributed by atoms with van der Waals surface area (Å²) in [5, 5.41) is 18.4. The lowest BCUT2D eigenvalue weighted by molar-refractivity contribution is -0.137. The zero-order chi connectivity index (χ0) is 99.7. The number of amides is 4. The third-order valence-corrected chi connectivity index (χ3v) is 26.5. The molecule has 26 heteroatoms. The van der Waals surface area contributed by atoms with Crippen molar-refractivity contribution >= 4 is 93.6 Å². The van der Waals surface area contributed by atoms with Gasteiger partial charge in [-0.1, -0.05) is 162 Å². The highest BCUT2D eigenvalue weighted by molar-refractivity contribution is 6.33. The number of ether oxygens (including phenoxy) is 4. The Morgan fingerprint density at radius 1 is 0.312 bits per heavy atom. The summed E-state index contributed by atoms with van der Waals surface area (Å²) in [6, 6.07) is 11.8. The Balaban J connectivity index is 0.000000206. The van der Waals surface area contributed by atoms with Crippen LogP contribution in [-0.2, 0) is 83.2 Å². The Morgan fingerprint density at radius 2 is 0.543 bits per heavy atom. The van der Waals surface area contributed by atoms with Crippen molar-refractivity contribution in [2.75, 3.05) is 78.8 Å². The van der Waals surface area contributed by atoms with Crippen molar-refractivity contribution in [1.29, 1.82) is 0 Å². The molecule has 4 aromatic carbocycles. The number of rotatable bonds is 12. The fourth-order valence-electron chi connectivity index (χ4n) is 18.2. The number of nitrogens with zero attached hydrogens (tertiary/aromatic N) is 8. The van der Waals surface area contributed by atoms with E-state index in [4.69, 9.17) is 61.5 Å². The Hall–Kier alpha value is -11.0. The van der Waals surface area contributed by atoms with Crippen LogP contribution in [0.3, 0.4) is 0 Å². The molecule has 4 aromatic rings. The SMILES string of the molecule is C/C1=C\C(=N/OCC(=O)N2CCCCC2)Cc2c(Cl)c(C)cc(C)c2C(=O)O[C@H](C)C/C=C/CC1.C/C1=C\C(=N/OCC(=O)N2CCCCC2)Cc2cc(C)cc(C)c2C(=O)O[C@H](C)C/C=C/CC1.C/C1=C\C(=N\OCC(=O)N2CCCCC2)Cc2c(Cl)c(C)cc(C)c2C(=O)O[C@H](C)C/C=C/CC1.C/C1=C\C(=N\OCC(=O)N2CCCCC2)Cc2cc(C)cc(C)c2C(=O)O[C@H](C)C/C=C/CC1. The van der Waals surface area contributed by atoms with Gasteiger partial charge in [-0.25, -0.2) is 19.2 Å². The van der Waals surface area contributed by atoms with Gasteiger partial charge in [0.2, 0.25) is 0 Å². The normalized spacial score (nSPS) is 23.7. The number of hydrogen-bond donors (Lipinski definition) is 0. The Morgan fingerprint density at radius 3 is 0.797 bits per heavy atom. The smallest absolute Gasteiger partial charge is 0.339 e. The maximum absolute atomic E-state index is 13.2. The number of carbonyl (C=O) groups is 8. The van der Waals surface area contributed by atoms with Gasteiger partial charge in [0.05, 0.1) is 45.1 Å². The van der Waals surface area contributed by atoms with Gasteiger partial charge in [0.15, 0.2) is 26.4 Å². The van der Waals surface area contributed by atoms with Crippen molar-refractivity contribution < 1.29 is 76.7 Å². The first-order valence-electron chi connectivity index (χ1n) is 49.9. The number of hydrogen-bond acceptors (Lipinski definition) is 20. The molecule has 4 atom stereocenters. The fraction of sp³-hybridized carbons (Fsp3) is 0.536. The summed E-state index contributed by atoms with van der Waals surface area (Å²) in [4.78, 5) is 132. The molecule has 138 heavy (non-hydrogen) atoms. The van der Waals surface area contributed by atoms with Gasteiger partial charge >= 0.3 is 23.9 Å². The predicted octanol–water partition coefficient (Wildman–Crippen LogP) is 23.2. The highest BCUT2D eigenvalue weighted by Gasteiger charge is 2.30. The topological polar surface area (TPSA) is 273 Å². The van der Waals surface area contributed by atoms with E-state index in [1.807, 2.05) is 163 Å². The predicted molar refractivity (Wildman–Crippen MR) is 550 cm³/mol. The molecule has 12 rings (SSSR count). The molecule has 0 unspecified atom stereocenters. The highest BCUT2D eigenvalue weighted by atomic mass is 35.5. The molecule has 8 heterocycles. The molecule has 748 valence electrons. The van der Waals surface area contributed by atoms with Crippen molar-refractivity contribution in [2.45, 2.75) is 315 Å². The number of carbonyl (C=O) groups excluding carboxylic acids is 8. The average molecular weight is 1940 g/mol. The first kappa shape index (κ1) is 111. The van der Waals surface area contributed by atoms with Gasteiger partial charge in [-0.3, -0.25) is 19.2 Å². The zero-order valence-corrected chi connectivity index (χ0v) is 86.4. The number of oxime groups is 4. The van der Waals surface area contributed by atoms with E-state index < -0.39 is 11.9 Å². The van der Waals surface area contributed by atoms with Gasteiger partial charge in [0, 0.05) is 114 Å². The van der Waals surface area contributed by atoms with E-state index in [-0.39, 0.29) is 86.4 Å². The summed E-state index contributed by atoms with van der Waals surface area (Å²) in [6.45, 7) is 37.3. The molecular formula is C112H150Cl2N8O16. The molecule has 0 saturated carbocycles. The lowest BCUT2D eigenvalue weighted by Gasteiger charge is -2.26. The second-order valence-electron chi connectivity index (χ2n) is 38.3. The third kappa shape index (κ3) is 36.7. The van der Waals surface area contributed by atoms with E-state index >= 15 is 0 Å². The summed E-state index contributed by atoms with van der Waals surface area (Å²) in [6.07, 6.45) is 48.0. The molecule has 4 saturated heterocycles. The number of halogens is 2. The van der Waals surface area contributed by atoms with Crippen molar-refractivity contribution in [3.05, 3.63) is 231 Å². The van der Waals surface area contributed by atoms with Crippen LogP contribution in [0.4, 0.5) is 0 Å². The van der Waals surface area contributed by atoms with Crippen molar-refractivity contribution in [3.8, 4) is 0 Å². The Kier molecular flexibility index (Phi) is 46.1. The zero-order valence-electron chi connectivity index (χ0n) is 84.9. The van der Waals surface area contributed by atoms with E-state index in [2.05, 4.69) is 96.9 Å². The summed E-state index contributed by atoms with van der Waals surface area (Å²) >= 11 is 13.5. The molecule has 0 N–H and O–H groups in total. The number of aryl methyl sites for hydroxylation is 8. The van der Waals surface area contributed by atoms with E-state index in [9.17, 15) is 38.4 Å². The summed E-state index contributed by atoms with van der Waals surface area (Å²) in [5.41, 5.74) is 19.7. The van der Waals surface area contributed by atoms with Crippen molar-refractivity contribution in [1.82, 2.24) is 19.6 Å². The van der Waals surface area contributed by atoms with E-state index in [0.29, 0.717) is 118 Å².